The second-order valence-corrected chi connectivity index (χ2v) is 4.89. The summed E-state index contributed by atoms with van der Waals surface area (Å²) < 4.78 is 37.9. The first kappa shape index (κ1) is 17.3. The average molecular weight is 337 g/mol. The van der Waals surface area contributed by atoms with Crippen LogP contribution in [0.25, 0.3) is 0 Å². The van der Waals surface area contributed by atoms with Crippen molar-refractivity contribution in [3.63, 3.8) is 0 Å². The molecular weight excluding hydrogens is 323 g/mol. The van der Waals surface area contributed by atoms with Crippen LogP contribution in [0.5, 0.6) is 0 Å². The number of alkyl halides is 3. The molecule has 1 amide bonds. The molecule has 0 radical (unpaired) electrons. The lowest BCUT2D eigenvalue weighted by atomic mass is 10.1. The lowest BCUT2D eigenvalue weighted by Crippen LogP contribution is -2.15. The normalized spacial score (nSPS) is 12.0. The molecule has 0 aliphatic rings. The quantitative estimate of drug-likeness (QED) is 0.499. The van der Waals surface area contributed by atoms with Crippen LogP contribution in [-0.4, -0.2) is 11.7 Å². The smallest absolute Gasteiger partial charge is 0.389 e. The Morgan fingerprint density at radius 2 is 1.71 bits per heavy atom. The molecule has 0 atom stereocenters. The number of benzene rings is 2. The maximum Gasteiger partial charge on any atom is 0.416 e. The van der Waals surface area contributed by atoms with Gasteiger partial charge < -0.3 is 16.3 Å². The number of primary amides is 1. The summed E-state index contributed by atoms with van der Waals surface area (Å²) in [5, 5.41) is 3.61. The number of hydrogen-bond acceptors (Lipinski definition) is 3. The number of carbonyl (C=O) groups is 1. The maximum absolute atomic E-state index is 12.6. The third-order valence-electron chi connectivity index (χ3n) is 3.12. The van der Waals surface area contributed by atoms with Crippen LogP contribution in [0.15, 0.2) is 53.7 Å². The van der Waals surface area contributed by atoms with Crippen LogP contribution in [0.3, 0.4) is 0 Å². The van der Waals surface area contributed by atoms with Crippen molar-refractivity contribution in [3.05, 3.63) is 70.8 Å². The third kappa shape index (κ3) is 4.48. The molecule has 0 aliphatic heterocycles. The highest BCUT2D eigenvalue weighted by Crippen LogP contribution is 2.29. The van der Waals surface area contributed by atoms with Crippen molar-refractivity contribution in [2.45, 2.75) is 12.8 Å². The predicted molar refractivity (Wildman–Crippen MR) is 81.9 cm³/mol. The Kier molecular flexibility index (Phi) is 5.08. The van der Waals surface area contributed by atoms with E-state index < -0.39 is 17.6 Å². The summed E-state index contributed by atoms with van der Waals surface area (Å²) in [6, 6.07) is 10.8. The molecule has 0 saturated heterocycles. The summed E-state index contributed by atoms with van der Waals surface area (Å²) in [6.45, 7) is 0.0404. The van der Waals surface area contributed by atoms with E-state index in [1.807, 2.05) is 0 Å². The largest absolute Gasteiger partial charge is 0.416 e. The molecule has 0 aromatic heterocycles. The molecule has 0 saturated carbocycles. The van der Waals surface area contributed by atoms with Gasteiger partial charge in [-0.25, -0.2) is 0 Å². The molecular formula is C16H14F3N3O2. The Bertz CT molecular complexity index is 756. The average Bonchev–Trinajstić information content (AvgIpc) is 2.54. The molecule has 0 aliphatic carbocycles. The molecule has 4 N–H and O–H groups in total. The first-order chi connectivity index (χ1) is 11.3. The number of carbonyl (C=O) groups excluding carboxylic acids is 1. The fourth-order valence-electron chi connectivity index (χ4n) is 1.85. The Morgan fingerprint density at radius 3 is 2.29 bits per heavy atom. The van der Waals surface area contributed by atoms with Crippen molar-refractivity contribution in [3.8, 4) is 0 Å². The summed E-state index contributed by atoms with van der Waals surface area (Å²) in [5.74, 6) is -0.718. The predicted octanol–water partition coefficient (Wildman–Crippen LogP) is 2.64. The number of nitrogens with zero attached hydrogens (tertiary/aromatic N) is 1. The van der Waals surface area contributed by atoms with E-state index in [1.165, 1.54) is 24.3 Å². The number of amides is 1. The Labute approximate surface area is 135 Å². The van der Waals surface area contributed by atoms with Crippen molar-refractivity contribution < 1.29 is 22.8 Å². The number of amidine groups is 1. The van der Waals surface area contributed by atoms with Gasteiger partial charge in [-0.3, -0.25) is 4.79 Å². The zero-order valence-electron chi connectivity index (χ0n) is 12.4. The lowest BCUT2D eigenvalue weighted by Gasteiger charge is -2.08. The first-order valence-electron chi connectivity index (χ1n) is 6.79. The molecule has 8 heteroatoms. The molecule has 2 rings (SSSR count). The number of oxime groups is 1. The van der Waals surface area contributed by atoms with E-state index in [9.17, 15) is 18.0 Å². The van der Waals surface area contributed by atoms with Gasteiger partial charge >= 0.3 is 6.18 Å². The number of halogens is 3. The van der Waals surface area contributed by atoms with Gasteiger partial charge in [-0.05, 0) is 29.8 Å². The van der Waals surface area contributed by atoms with Gasteiger partial charge in [0.25, 0.3) is 0 Å². The van der Waals surface area contributed by atoms with Gasteiger partial charge in [-0.1, -0.05) is 29.4 Å². The van der Waals surface area contributed by atoms with E-state index in [-0.39, 0.29) is 18.0 Å². The number of rotatable bonds is 5. The van der Waals surface area contributed by atoms with Crippen LogP contribution >= 0.6 is 0 Å². The summed E-state index contributed by atoms with van der Waals surface area (Å²) in [4.78, 5) is 16.0. The molecule has 24 heavy (non-hydrogen) atoms. The number of hydrogen-bond donors (Lipinski definition) is 2. The van der Waals surface area contributed by atoms with Crippen LogP contribution in [0.4, 0.5) is 13.2 Å². The van der Waals surface area contributed by atoms with Crippen molar-refractivity contribution in [2.24, 2.45) is 16.6 Å². The van der Waals surface area contributed by atoms with E-state index in [0.29, 0.717) is 11.1 Å². The van der Waals surface area contributed by atoms with Gasteiger partial charge in [0.05, 0.1) is 5.56 Å². The zero-order chi connectivity index (χ0) is 17.7. The van der Waals surface area contributed by atoms with Crippen LogP contribution in [0.1, 0.15) is 27.0 Å². The Morgan fingerprint density at radius 1 is 1.04 bits per heavy atom. The highest BCUT2D eigenvalue weighted by Gasteiger charge is 2.30. The summed E-state index contributed by atoms with van der Waals surface area (Å²) in [5.41, 5.74) is 11.1. The highest BCUT2D eigenvalue weighted by molar-refractivity contribution is 5.97. The van der Waals surface area contributed by atoms with Gasteiger partial charge in [-0.15, -0.1) is 0 Å². The summed E-state index contributed by atoms with van der Waals surface area (Å²) in [6.07, 6.45) is -4.46. The Hall–Kier alpha value is -3.03. The van der Waals surface area contributed by atoms with E-state index in [0.717, 1.165) is 12.1 Å². The van der Waals surface area contributed by atoms with Crippen molar-refractivity contribution in [1.29, 1.82) is 0 Å². The van der Waals surface area contributed by atoms with E-state index in [4.69, 9.17) is 16.3 Å². The minimum atomic E-state index is -4.46. The molecule has 0 fully saturated rings. The molecule has 0 spiro atoms. The fraction of sp³-hybridized carbons (Fsp3) is 0.125. The molecule has 0 heterocycles. The van der Waals surface area contributed by atoms with E-state index in [2.05, 4.69) is 5.16 Å². The molecule has 2 aromatic rings. The Balaban J connectivity index is 2.03. The minimum Gasteiger partial charge on any atom is -0.389 e. The standard InChI is InChI=1S/C16H14F3N3O2/c17-16(18,19)13-3-1-2-12(8-13)14(20)22-24-9-10-4-6-11(7-5-10)15(21)23/h1-8H,9H2,(H2,20,22)(H2,21,23). The van der Waals surface area contributed by atoms with Crippen LogP contribution in [-0.2, 0) is 17.6 Å². The second-order valence-electron chi connectivity index (χ2n) is 4.89. The van der Waals surface area contributed by atoms with E-state index in [1.54, 1.807) is 12.1 Å². The fourth-order valence-corrected chi connectivity index (χ4v) is 1.85. The van der Waals surface area contributed by atoms with Gasteiger partial charge in [0.15, 0.2) is 5.84 Å². The van der Waals surface area contributed by atoms with Gasteiger partial charge in [0.1, 0.15) is 6.61 Å². The van der Waals surface area contributed by atoms with E-state index >= 15 is 0 Å². The van der Waals surface area contributed by atoms with Gasteiger partial charge in [0, 0.05) is 11.1 Å². The minimum absolute atomic E-state index is 0.0404. The van der Waals surface area contributed by atoms with Gasteiger partial charge in [0.2, 0.25) is 5.91 Å². The molecule has 5 nitrogen and oxygen atoms in total. The van der Waals surface area contributed by atoms with Crippen molar-refractivity contribution >= 4 is 11.7 Å². The summed E-state index contributed by atoms with van der Waals surface area (Å²) in [7, 11) is 0. The molecule has 126 valence electrons. The molecule has 2 aromatic carbocycles. The van der Waals surface area contributed by atoms with Crippen LogP contribution < -0.4 is 11.5 Å². The molecule has 0 bridgehead atoms. The molecule has 0 unspecified atom stereocenters. The highest BCUT2D eigenvalue weighted by atomic mass is 19.4. The van der Waals surface area contributed by atoms with Gasteiger partial charge in [-0.2, -0.15) is 13.2 Å². The maximum atomic E-state index is 12.6. The van der Waals surface area contributed by atoms with Crippen LogP contribution in [0, 0.1) is 0 Å². The zero-order valence-corrected chi connectivity index (χ0v) is 12.4. The first-order valence-corrected chi connectivity index (χ1v) is 6.79. The van der Waals surface area contributed by atoms with Crippen molar-refractivity contribution in [2.75, 3.05) is 0 Å². The summed E-state index contributed by atoms with van der Waals surface area (Å²) >= 11 is 0. The third-order valence-corrected chi connectivity index (χ3v) is 3.12. The topological polar surface area (TPSA) is 90.7 Å². The van der Waals surface area contributed by atoms with Crippen LogP contribution in [0.2, 0.25) is 0 Å². The van der Waals surface area contributed by atoms with Crippen molar-refractivity contribution in [1.82, 2.24) is 0 Å². The monoisotopic (exact) mass is 337 g/mol. The lowest BCUT2D eigenvalue weighted by molar-refractivity contribution is -0.137. The number of nitrogens with two attached hydrogens (primary N) is 2. The SMILES string of the molecule is NC(=O)c1ccc(CON=C(N)c2cccc(C(F)(F)F)c2)cc1. The second kappa shape index (κ2) is 7.03.